The highest BCUT2D eigenvalue weighted by Gasteiger charge is 2.28. The van der Waals surface area contributed by atoms with Crippen LogP contribution in [0, 0.1) is 0 Å². The number of carbonyl (C=O) groups is 2. The molecule has 0 bridgehead atoms. The van der Waals surface area contributed by atoms with E-state index in [-0.39, 0.29) is 11.4 Å². The highest BCUT2D eigenvalue weighted by molar-refractivity contribution is 6.18. The van der Waals surface area contributed by atoms with Crippen LogP contribution in [-0.2, 0) is 15.4 Å². The summed E-state index contributed by atoms with van der Waals surface area (Å²) in [5, 5.41) is 19.3. The number of rotatable bonds is 3. The van der Waals surface area contributed by atoms with Gasteiger partial charge in [0.15, 0.2) is 5.75 Å². The van der Waals surface area contributed by atoms with Crippen molar-refractivity contribution in [3.8, 4) is 11.5 Å². The summed E-state index contributed by atoms with van der Waals surface area (Å²) >= 11 is 5.63. The molecule has 0 saturated carbocycles. The van der Waals surface area contributed by atoms with Crippen molar-refractivity contribution in [2.24, 2.45) is 0 Å². The summed E-state index contributed by atoms with van der Waals surface area (Å²) in [6, 6.07) is 0.834. The number of alkyl halides is 1. The van der Waals surface area contributed by atoms with E-state index in [9.17, 15) is 24.6 Å². The van der Waals surface area contributed by atoms with Gasteiger partial charge in [0, 0.05) is 5.88 Å². The first kappa shape index (κ1) is 15.8. The van der Waals surface area contributed by atoms with Gasteiger partial charge in [-0.05, 0) is 11.6 Å². The summed E-state index contributed by atoms with van der Waals surface area (Å²) < 4.78 is 8.92. The van der Waals surface area contributed by atoms with Crippen molar-refractivity contribution in [1.82, 2.24) is 0 Å². The zero-order valence-electron chi connectivity index (χ0n) is 10.6. The van der Waals surface area contributed by atoms with E-state index in [1.807, 2.05) is 0 Å². The first-order chi connectivity index (χ1) is 9.38. The molecule has 0 saturated heterocycles. The Morgan fingerprint density at radius 3 is 2.05 bits per heavy atom. The number of esters is 2. The average Bonchev–Trinajstić information content (AvgIpc) is 2.55. The van der Waals surface area contributed by atoms with E-state index >= 15 is 0 Å². The van der Waals surface area contributed by atoms with Crippen molar-refractivity contribution in [2.75, 3.05) is 14.2 Å². The van der Waals surface area contributed by atoms with Crippen LogP contribution < -0.4 is 5.43 Å². The van der Waals surface area contributed by atoms with Gasteiger partial charge in [0.2, 0.25) is 11.2 Å². The number of aromatic hydroxyl groups is 2. The molecule has 0 aromatic heterocycles. The van der Waals surface area contributed by atoms with Gasteiger partial charge in [0.05, 0.1) is 19.8 Å². The van der Waals surface area contributed by atoms with E-state index < -0.39 is 40.0 Å². The monoisotopic (exact) mass is 302 g/mol. The van der Waals surface area contributed by atoms with Crippen LogP contribution in [0.25, 0.3) is 0 Å². The molecule has 0 aliphatic rings. The minimum atomic E-state index is -1.12. The Labute approximate surface area is 118 Å². The van der Waals surface area contributed by atoms with Gasteiger partial charge in [0.25, 0.3) is 0 Å². The van der Waals surface area contributed by atoms with Crippen LogP contribution in [0.3, 0.4) is 0 Å². The molecule has 1 aromatic carbocycles. The molecule has 0 heterocycles. The van der Waals surface area contributed by atoms with Gasteiger partial charge in [-0.3, -0.25) is 4.79 Å². The average molecular weight is 303 g/mol. The molecule has 2 N–H and O–H groups in total. The Bertz CT molecular complexity index is 624. The maximum atomic E-state index is 11.8. The number of methoxy groups -OCH3 is 2. The van der Waals surface area contributed by atoms with Gasteiger partial charge in [-0.15, -0.1) is 11.6 Å². The molecule has 0 aliphatic carbocycles. The molecule has 1 aromatic rings. The third-order valence-corrected chi connectivity index (χ3v) is 2.78. The molecule has 0 aliphatic heterocycles. The first-order valence-corrected chi connectivity index (χ1v) is 5.77. The van der Waals surface area contributed by atoms with E-state index in [0.717, 1.165) is 20.3 Å². The van der Waals surface area contributed by atoms with E-state index in [0.29, 0.717) is 0 Å². The van der Waals surface area contributed by atoms with Crippen molar-refractivity contribution in [2.45, 2.75) is 5.88 Å². The maximum absolute atomic E-state index is 11.8. The van der Waals surface area contributed by atoms with Crippen LogP contribution >= 0.6 is 11.6 Å². The molecular weight excluding hydrogens is 292 g/mol. The topological polar surface area (TPSA) is 110 Å². The molecule has 0 spiro atoms. The standard InChI is InChI=1S/C12H11ClO7/c1-19-11(17)7-5(4-13)3-6(14)9(15)10(16)8(7)12(18)20-2/h3H,4H2,1-2H3,(H2,14,15,16). The van der Waals surface area contributed by atoms with Crippen molar-refractivity contribution in [1.29, 1.82) is 0 Å². The number of ether oxygens (including phenoxy) is 2. The quantitative estimate of drug-likeness (QED) is 0.626. The fourth-order valence-electron chi connectivity index (χ4n) is 1.55. The lowest BCUT2D eigenvalue weighted by Crippen LogP contribution is -2.13. The number of hydrogen-bond donors (Lipinski definition) is 2. The molecule has 1 rings (SSSR count). The van der Waals surface area contributed by atoms with Gasteiger partial charge >= 0.3 is 11.9 Å². The van der Waals surface area contributed by atoms with Gasteiger partial charge in [0.1, 0.15) is 5.56 Å². The number of hydrogen-bond acceptors (Lipinski definition) is 7. The van der Waals surface area contributed by atoms with E-state index in [1.165, 1.54) is 0 Å². The second-order valence-corrected chi connectivity index (χ2v) is 3.87. The lowest BCUT2D eigenvalue weighted by Gasteiger charge is -2.07. The van der Waals surface area contributed by atoms with Gasteiger partial charge in [-0.1, -0.05) is 0 Å². The fraction of sp³-hybridized carbons (Fsp3) is 0.250. The van der Waals surface area contributed by atoms with Gasteiger partial charge in [-0.25, -0.2) is 9.59 Å². The van der Waals surface area contributed by atoms with Crippen molar-refractivity contribution in [3.63, 3.8) is 0 Å². The van der Waals surface area contributed by atoms with Crippen LogP contribution in [-0.4, -0.2) is 36.4 Å². The van der Waals surface area contributed by atoms with E-state index in [1.54, 1.807) is 0 Å². The Balaban J connectivity index is 4.00. The molecule has 0 atom stereocenters. The van der Waals surface area contributed by atoms with Crippen LogP contribution in [0.15, 0.2) is 10.9 Å². The molecule has 0 unspecified atom stereocenters. The lowest BCUT2D eigenvalue weighted by molar-refractivity contribution is 0.0551. The van der Waals surface area contributed by atoms with E-state index in [4.69, 9.17) is 11.6 Å². The second-order valence-electron chi connectivity index (χ2n) is 3.60. The third-order valence-electron chi connectivity index (χ3n) is 2.49. The molecule has 108 valence electrons. The number of carbonyl (C=O) groups excluding carboxylic acids is 2. The second kappa shape index (κ2) is 6.25. The predicted octanol–water partition coefficient (Wildman–Crippen LogP) is 0.770. The summed E-state index contributed by atoms with van der Waals surface area (Å²) in [5.41, 5.74) is -2.21. The molecule has 0 fully saturated rings. The van der Waals surface area contributed by atoms with Crippen LogP contribution in [0.1, 0.15) is 26.3 Å². The Hall–Kier alpha value is -2.28. The summed E-state index contributed by atoms with van der Waals surface area (Å²) in [5.74, 6) is -4.62. The zero-order chi connectivity index (χ0) is 15.4. The molecule has 0 radical (unpaired) electrons. The predicted molar refractivity (Wildman–Crippen MR) is 68.3 cm³/mol. The lowest BCUT2D eigenvalue weighted by atomic mass is 10.1. The maximum Gasteiger partial charge on any atom is 0.342 e. The fourth-order valence-corrected chi connectivity index (χ4v) is 1.77. The Morgan fingerprint density at radius 2 is 1.60 bits per heavy atom. The summed E-state index contributed by atoms with van der Waals surface area (Å²) in [6.45, 7) is 0. The van der Waals surface area contributed by atoms with Crippen LogP contribution in [0.5, 0.6) is 11.5 Å². The van der Waals surface area contributed by atoms with Gasteiger partial charge in [-0.2, -0.15) is 0 Å². The largest absolute Gasteiger partial charge is 0.504 e. The first-order valence-electron chi connectivity index (χ1n) is 5.23. The van der Waals surface area contributed by atoms with Crippen molar-refractivity contribution >= 4 is 23.5 Å². The highest BCUT2D eigenvalue weighted by Crippen LogP contribution is 2.30. The van der Waals surface area contributed by atoms with Crippen LogP contribution in [0.2, 0.25) is 0 Å². The number of halogens is 1. The smallest absolute Gasteiger partial charge is 0.342 e. The highest BCUT2D eigenvalue weighted by atomic mass is 35.5. The van der Waals surface area contributed by atoms with Gasteiger partial charge < -0.3 is 19.7 Å². The summed E-state index contributed by atoms with van der Waals surface area (Å²) in [6.07, 6.45) is 0. The molecule has 7 nitrogen and oxygen atoms in total. The SMILES string of the molecule is COC(=O)c1c(CCl)cc(=O)c(O)c(O)c1C(=O)OC. The zero-order valence-corrected chi connectivity index (χ0v) is 11.4. The Morgan fingerprint density at radius 1 is 1.10 bits per heavy atom. The molecular formula is C12H11ClO7. The third kappa shape index (κ3) is 2.67. The minimum absolute atomic E-state index is 0.0838. The Kier molecular flexibility index (Phi) is 4.93. The molecule has 8 heteroatoms. The molecule has 0 amide bonds. The summed E-state index contributed by atoms with van der Waals surface area (Å²) in [7, 11) is 2.05. The van der Waals surface area contributed by atoms with Crippen molar-refractivity contribution in [3.05, 3.63) is 33.0 Å². The van der Waals surface area contributed by atoms with Crippen molar-refractivity contribution < 1.29 is 29.3 Å². The van der Waals surface area contributed by atoms with E-state index in [2.05, 4.69) is 9.47 Å². The minimum Gasteiger partial charge on any atom is -0.504 e. The van der Waals surface area contributed by atoms with Crippen LogP contribution in [0.4, 0.5) is 0 Å². The normalized spacial score (nSPS) is 9.95. The molecule has 20 heavy (non-hydrogen) atoms. The summed E-state index contributed by atoms with van der Waals surface area (Å²) in [4.78, 5) is 35.0.